The standard InChI is InChI=1S/C19H24N4O3/c1-2-26-18(24)7-9-21-19(25)23-12-10-22(11-13-23)17-5-3-4-15-14-20-8-6-16(15)17/h3-6,8,14H,2,7,9-13H2,1H3,(H,21,25). The summed E-state index contributed by atoms with van der Waals surface area (Å²) in [6.45, 7) is 5.26. The molecule has 7 nitrogen and oxygen atoms in total. The Kier molecular flexibility index (Phi) is 5.88. The minimum atomic E-state index is -0.289. The Morgan fingerprint density at radius 2 is 2.00 bits per heavy atom. The van der Waals surface area contributed by atoms with Crippen LogP contribution >= 0.6 is 0 Å². The van der Waals surface area contributed by atoms with Crippen LogP contribution in [0.15, 0.2) is 36.7 Å². The van der Waals surface area contributed by atoms with Gasteiger partial charge < -0.3 is 19.9 Å². The number of fused-ring (bicyclic) bond motifs is 1. The lowest BCUT2D eigenvalue weighted by molar-refractivity contribution is -0.142. The first-order chi connectivity index (χ1) is 12.7. The predicted molar refractivity (Wildman–Crippen MR) is 100 cm³/mol. The number of amides is 2. The number of anilines is 1. The van der Waals surface area contributed by atoms with Gasteiger partial charge in [0, 0.05) is 61.6 Å². The molecule has 7 heteroatoms. The average molecular weight is 356 g/mol. The third-order valence-electron chi connectivity index (χ3n) is 4.48. The van der Waals surface area contributed by atoms with E-state index >= 15 is 0 Å². The van der Waals surface area contributed by atoms with E-state index in [4.69, 9.17) is 4.74 Å². The van der Waals surface area contributed by atoms with Crippen molar-refractivity contribution in [1.29, 1.82) is 0 Å². The molecule has 1 aliphatic heterocycles. The van der Waals surface area contributed by atoms with Crippen molar-refractivity contribution in [3.05, 3.63) is 36.7 Å². The maximum Gasteiger partial charge on any atom is 0.317 e. The normalized spacial score (nSPS) is 14.3. The largest absolute Gasteiger partial charge is 0.466 e. The molecule has 1 saturated heterocycles. The van der Waals surface area contributed by atoms with Crippen LogP contribution in [0, 0.1) is 0 Å². The number of benzene rings is 1. The summed E-state index contributed by atoms with van der Waals surface area (Å²) in [5.41, 5.74) is 1.17. The molecule has 1 aromatic carbocycles. The van der Waals surface area contributed by atoms with Crippen LogP contribution in [-0.4, -0.2) is 61.2 Å². The summed E-state index contributed by atoms with van der Waals surface area (Å²) in [5, 5.41) is 5.08. The Balaban J connectivity index is 1.52. The second-order valence-electron chi connectivity index (χ2n) is 6.13. The molecule has 0 unspecified atom stereocenters. The first-order valence-corrected chi connectivity index (χ1v) is 8.95. The number of nitrogens with zero attached hydrogens (tertiary/aromatic N) is 3. The van der Waals surface area contributed by atoms with Crippen molar-refractivity contribution in [3.63, 3.8) is 0 Å². The molecule has 0 aliphatic carbocycles. The number of esters is 1. The van der Waals surface area contributed by atoms with Gasteiger partial charge in [-0.1, -0.05) is 12.1 Å². The van der Waals surface area contributed by atoms with Gasteiger partial charge in [-0.25, -0.2) is 4.79 Å². The van der Waals surface area contributed by atoms with Crippen LogP contribution in [0.4, 0.5) is 10.5 Å². The first-order valence-electron chi connectivity index (χ1n) is 8.95. The van der Waals surface area contributed by atoms with Gasteiger partial charge in [0.1, 0.15) is 0 Å². The zero-order valence-electron chi connectivity index (χ0n) is 15.0. The van der Waals surface area contributed by atoms with E-state index < -0.39 is 0 Å². The average Bonchev–Trinajstić information content (AvgIpc) is 2.68. The minimum absolute atomic E-state index is 0.129. The van der Waals surface area contributed by atoms with E-state index in [1.807, 2.05) is 18.3 Å². The van der Waals surface area contributed by atoms with Gasteiger partial charge in [0.2, 0.25) is 0 Å². The maximum absolute atomic E-state index is 12.2. The smallest absolute Gasteiger partial charge is 0.317 e. The number of pyridine rings is 1. The number of urea groups is 1. The zero-order valence-corrected chi connectivity index (χ0v) is 15.0. The molecule has 138 valence electrons. The number of aromatic nitrogens is 1. The third-order valence-corrected chi connectivity index (χ3v) is 4.48. The SMILES string of the molecule is CCOC(=O)CCNC(=O)N1CCN(c2cccc3cnccc23)CC1. The fourth-order valence-electron chi connectivity index (χ4n) is 3.15. The summed E-state index contributed by atoms with van der Waals surface area (Å²) in [5.74, 6) is -0.289. The number of piperazine rings is 1. The molecule has 1 N–H and O–H groups in total. The van der Waals surface area contributed by atoms with Gasteiger partial charge >= 0.3 is 12.0 Å². The number of rotatable bonds is 5. The van der Waals surface area contributed by atoms with Crippen LogP contribution in [-0.2, 0) is 9.53 Å². The topological polar surface area (TPSA) is 74.8 Å². The van der Waals surface area contributed by atoms with Crippen LogP contribution in [0.5, 0.6) is 0 Å². The van der Waals surface area contributed by atoms with Gasteiger partial charge in [-0.05, 0) is 19.1 Å². The number of carbonyl (C=O) groups excluding carboxylic acids is 2. The van der Waals surface area contributed by atoms with E-state index in [-0.39, 0.29) is 18.4 Å². The molecule has 1 fully saturated rings. The quantitative estimate of drug-likeness (QED) is 0.830. The highest BCUT2D eigenvalue weighted by atomic mass is 16.5. The summed E-state index contributed by atoms with van der Waals surface area (Å²) in [4.78, 5) is 31.8. The van der Waals surface area contributed by atoms with Crippen molar-refractivity contribution in [1.82, 2.24) is 15.2 Å². The highest BCUT2D eigenvalue weighted by Gasteiger charge is 2.22. The van der Waals surface area contributed by atoms with Crippen molar-refractivity contribution in [2.24, 2.45) is 0 Å². The van der Waals surface area contributed by atoms with Crippen molar-refractivity contribution < 1.29 is 14.3 Å². The molecule has 0 atom stereocenters. The Hall–Kier alpha value is -2.83. The molecule has 2 heterocycles. The summed E-state index contributed by atoms with van der Waals surface area (Å²) in [6.07, 6.45) is 3.87. The molecule has 3 rings (SSSR count). The van der Waals surface area contributed by atoms with Crippen LogP contribution in [0.1, 0.15) is 13.3 Å². The number of nitrogens with one attached hydrogen (secondary N) is 1. The fourth-order valence-corrected chi connectivity index (χ4v) is 3.15. The summed E-state index contributed by atoms with van der Waals surface area (Å²) >= 11 is 0. The van der Waals surface area contributed by atoms with E-state index in [0.717, 1.165) is 18.5 Å². The molecular weight excluding hydrogens is 332 g/mol. The first kappa shape index (κ1) is 18.0. The fraction of sp³-hybridized carbons (Fsp3) is 0.421. The second kappa shape index (κ2) is 8.51. The van der Waals surface area contributed by atoms with Crippen LogP contribution in [0.3, 0.4) is 0 Å². The number of hydrogen-bond donors (Lipinski definition) is 1. The van der Waals surface area contributed by atoms with Crippen LogP contribution < -0.4 is 10.2 Å². The molecule has 0 radical (unpaired) electrons. The summed E-state index contributed by atoms with van der Waals surface area (Å²) in [6, 6.07) is 8.10. The highest BCUT2D eigenvalue weighted by Crippen LogP contribution is 2.26. The Morgan fingerprint density at radius 1 is 1.19 bits per heavy atom. The maximum atomic E-state index is 12.2. The molecular formula is C19H24N4O3. The van der Waals surface area contributed by atoms with Crippen molar-refractivity contribution in [2.75, 3.05) is 44.2 Å². The van der Waals surface area contributed by atoms with Crippen LogP contribution in [0.25, 0.3) is 10.8 Å². The van der Waals surface area contributed by atoms with Gasteiger partial charge in [-0.2, -0.15) is 0 Å². The van der Waals surface area contributed by atoms with E-state index in [2.05, 4.69) is 27.3 Å². The Bertz CT molecular complexity index is 767. The summed E-state index contributed by atoms with van der Waals surface area (Å²) in [7, 11) is 0. The molecule has 0 saturated carbocycles. The second-order valence-corrected chi connectivity index (χ2v) is 6.13. The van der Waals surface area contributed by atoms with Crippen molar-refractivity contribution in [2.45, 2.75) is 13.3 Å². The zero-order chi connectivity index (χ0) is 18.4. The van der Waals surface area contributed by atoms with E-state index in [1.165, 1.54) is 11.1 Å². The van der Waals surface area contributed by atoms with Crippen molar-refractivity contribution in [3.8, 4) is 0 Å². The lowest BCUT2D eigenvalue weighted by atomic mass is 10.1. The van der Waals surface area contributed by atoms with Gasteiger partial charge in [0.25, 0.3) is 0 Å². The monoisotopic (exact) mass is 356 g/mol. The van der Waals surface area contributed by atoms with Gasteiger partial charge in [-0.3, -0.25) is 9.78 Å². The van der Waals surface area contributed by atoms with E-state index in [9.17, 15) is 9.59 Å². The third kappa shape index (κ3) is 4.22. The molecule has 1 aliphatic rings. The molecule has 1 aromatic heterocycles. The van der Waals surface area contributed by atoms with Crippen molar-refractivity contribution >= 4 is 28.5 Å². The Labute approximate surface area is 152 Å². The van der Waals surface area contributed by atoms with Gasteiger partial charge in [0.15, 0.2) is 0 Å². The molecule has 2 aromatic rings. The van der Waals surface area contributed by atoms with Crippen LogP contribution in [0.2, 0.25) is 0 Å². The number of hydrogen-bond acceptors (Lipinski definition) is 5. The Morgan fingerprint density at radius 3 is 2.77 bits per heavy atom. The minimum Gasteiger partial charge on any atom is -0.466 e. The van der Waals surface area contributed by atoms with E-state index in [1.54, 1.807) is 18.0 Å². The molecule has 0 bridgehead atoms. The molecule has 2 amide bonds. The van der Waals surface area contributed by atoms with E-state index in [0.29, 0.717) is 26.2 Å². The predicted octanol–water partition coefficient (Wildman–Crippen LogP) is 2.02. The lowest BCUT2D eigenvalue weighted by Gasteiger charge is -2.36. The molecule has 26 heavy (non-hydrogen) atoms. The molecule has 0 spiro atoms. The number of ether oxygens (including phenoxy) is 1. The number of carbonyl (C=O) groups is 2. The highest BCUT2D eigenvalue weighted by molar-refractivity contribution is 5.93. The lowest BCUT2D eigenvalue weighted by Crippen LogP contribution is -2.52. The summed E-state index contributed by atoms with van der Waals surface area (Å²) < 4.78 is 4.85. The van der Waals surface area contributed by atoms with Gasteiger partial charge in [-0.15, -0.1) is 0 Å². The van der Waals surface area contributed by atoms with Gasteiger partial charge in [0.05, 0.1) is 13.0 Å².